The average molecular weight is 706 g/mol. The number of aldehydes is 1. The highest BCUT2D eigenvalue weighted by atomic mass is 19.4. The molecule has 50 heavy (non-hydrogen) atoms. The fourth-order valence-corrected chi connectivity index (χ4v) is 7.36. The monoisotopic (exact) mass is 705 g/mol. The van der Waals surface area contributed by atoms with Gasteiger partial charge in [-0.05, 0) is 44.1 Å². The van der Waals surface area contributed by atoms with Crippen LogP contribution in [0.15, 0.2) is 54.3 Å². The van der Waals surface area contributed by atoms with Gasteiger partial charge in [0.1, 0.15) is 5.76 Å². The van der Waals surface area contributed by atoms with Gasteiger partial charge in [0, 0.05) is 30.5 Å². The van der Waals surface area contributed by atoms with Crippen molar-refractivity contribution in [3.05, 3.63) is 71.0 Å². The van der Waals surface area contributed by atoms with Crippen molar-refractivity contribution >= 4 is 30.2 Å². The van der Waals surface area contributed by atoms with Crippen LogP contribution in [-0.2, 0) is 50.0 Å². The molecule has 16 heteroatoms. The van der Waals surface area contributed by atoms with Gasteiger partial charge in [0.05, 0.1) is 24.5 Å². The number of carboxylic acids is 1. The number of likely N-dealkylation sites (tertiary alicyclic amines) is 1. The van der Waals surface area contributed by atoms with E-state index in [1.807, 2.05) is 19.2 Å². The third-order valence-corrected chi connectivity index (χ3v) is 9.39. The van der Waals surface area contributed by atoms with Crippen LogP contribution in [-0.4, -0.2) is 96.0 Å². The summed E-state index contributed by atoms with van der Waals surface area (Å²) in [4.78, 5) is 60.6. The van der Waals surface area contributed by atoms with Crippen LogP contribution < -0.4 is 9.47 Å². The third kappa shape index (κ3) is 6.52. The van der Waals surface area contributed by atoms with Gasteiger partial charge < -0.3 is 38.8 Å². The molecule has 0 amide bonds. The van der Waals surface area contributed by atoms with E-state index in [2.05, 4.69) is 4.90 Å². The summed E-state index contributed by atoms with van der Waals surface area (Å²) in [5.74, 6) is -3.31. The van der Waals surface area contributed by atoms with Crippen LogP contribution in [0.4, 0.5) is 13.2 Å². The number of alkyl halides is 3. The first-order chi connectivity index (χ1) is 23.6. The summed E-state index contributed by atoms with van der Waals surface area (Å²) in [6.07, 6.45) is -7.85. The largest absolute Gasteiger partial charge is 0.493 e. The van der Waals surface area contributed by atoms with Crippen molar-refractivity contribution in [2.45, 2.75) is 74.2 Å². The zero-order valence-corrected chi connectivity index (χ0v) is 27.1. The number of halogens is 3. The van der Waals surface area contributed by atoms with Gasteiger partial charge in [-0.3, -0.25) is 14.4 Å². The highest BCUT2D eigenvalue weighted by Gasteiger charge is 2.72. The minimum atomic E-state index is -4.64. The Morgan fingerprint density at radius 2 is 1.78 bits per heavy atom. The molecule has 13 nitrogen and oxygen atoms in total. The number of rotatable bonds is 9. The van der Waals surface area contributed by atoms with E-state index < -0.39 is 72.1 Å². The molecule has 2 aromatic carbocycles. The Kier molecular flexibility index (Phi) is 9.99. The summed E-state index contributed by atoms with van der Waals surface area (Å²) < 4.78 is 59.7. The Hall–Kier alpha value is -4.96. The number of likely N-dealkylation sites (N-methyl/N-ethyl adjacent to an activating group) is 1. The van der Waals surface area contributed by atoms with Gasteiger partial charge in [-0.25, -0.2) is 9.59 Å². The van der Waals surface area contributed by atoms with E-state index in [4.69, 9.17) is 28.5 Å². The van der Waals surface area contributed by atoms with Gasteiger partial charge in [0.15, 0.2) is 17.6 Å². The van der Waals surface area contributed by atoms with Crippen molar-refractivity contribution in [2.75, 3.05) is 20.7 Å². The molecule has 0 unspecified atom stereocenters. The lowest BCUT2D eigenvalue weighted by Gasteiger charge is -2.61. The molecule has 2 aliphatic heterocycles. The number of carbonyl (C=O) groups excluding carboxylic acids is 4. The number of benzene rings is 2. The molecule has 2 aromatic rings. The molecule has 1 fully saturated rings. The molecular formula is C34H34F3NO12. The Morgan fingerprint density at radius 3 is 2.38 bits per heavy atom. The van der Waals surface area contributed by atoms with Crippen LogP contribution in [0.2, 0.25) is 0 Å². The Balaban J connectivity index is 0.000000745. The smallest absolute Gasteiger partial charge is 0.446 e. The fourth-order valence-electron chi connectivity index (χ4n) is 7.36. The van der Waals surface area contributed by atoms with Crippen LogP contribution in [0.3, 0.4) is 0 Å². The lowest BCUT2D eigenvalue weighted by molar-refractivity contribution is -0.183. The minimum Gasteiger partial charge on any atom is -0.493 e. The molecule has 2 bridgehead atoms. The molecule has 2 aliphatic carbocycles. The Bertz CT molecular complexity index is 1700. The van der Waals surface area contributed by atoms with Crippen molar-refractivity contribution in [2.24, 2.45) is 0 Å². The fraction of sp³-hybridized carbons (Fsp3) is 0.441. The van der Waals surface area contributed by atoms with Gasteiger partial charge in [-0.15, -0.1) is 0 Å². The lowest BCUT2D eigenvalue weighted by Crippen LogP contribution is -2.74. The van der Waals surface area contributed by atoms with Gasteiger partial charge in [0.25, 0.3) is 0 Å². The first-order valence-electron chi connectivity index (χ1n) is 15.4. The summed E-state index contributed by atoms with van der Waals surface area (Å²) >= 11 is 0. The highest BCUT2D eigenvalue weighted by molar-refractivity contribution is 5.87. The molecule has 0 aromatic heterocycles. The molecule has 6 rings (SSSR count). The summed E-state index contributed by atoms with van der Waals surface area (Å²) in [5, 5.41) is 21.6. The topological polar surface area (TPSA) is 175 Å². The van der Waals surface area contributed by atoms with E-state index >= 15 is 0 Å². The molecule has 0 saturated carbocycles. The van der Waals surface area contributed by atoms with Crippen molar-refractivity contribution in [1.82, 2.24) is 4.90 Å². The number of esters is 3. The minimum absolute atomic E-state index is 0.160. The third-order valence-electron chi connectivity index (χ3n) is 9.39. The SMILES string of the molecule is COc1ccc2c3c1O[C@H]1C(OC(=O)[C@@H](OC(=O)[C@H](CC(=O)O)OC(C)=O)c4ccccc4)=CC[C@@]4(O)[C@@H](C2)N(C)CC[C@]314.O=CC(F)(F)F. The molecule has 268 valence electrons. The van der Waals surface area contributed by atoms with Gasteiger partial charge in [0.2, 0.25) is 18.5 Å². The number of methoxy groups -OCH3 is 1. The van der Waals surface area contributed by atoms with Gasteiger partial charge in [-0.2, -0.15) is 13.2 Å². The first-order valence-corrected chi connectivity index (χ1v) is 15.4. The van der Waals surface area contributed by atoms with Gasteiger partial charge >= 0.3 is 30.1 Å². The Labute approximate surface area is 283 Å². The number of hydrogen-bond acceptors (Lipinski definition) is 12. The second kappa shape index (κ2) is 13.7. The molecule has 1 spiro atoms. The number of aliphatic carboxylic acids is 1. The number of nitrogens with zero attached hydrogens (tertiary/aromatic N) is 1. The number of carboxylic acid groups (broad SMARTS) is 1. The van der Waals surface area contributed by atoms with Gasteiger partial charge in [-0.1, -0.05) is 36.4 Å². The summed E-state index contributed by atoms with van der Waals surface area (Å²) in [7, 11) is 3.53. The second-order valence-corrected chi connectivity index (χ2v) is 12.3. The zero-order valence-electron chi connectivity index (χ0n) is 27.1. The van der Waals surface area contributed by atoms with Crippen molar-refractivity contribution in [3.63, 3.8) is 0 Å². The normalized spacial score (nSPS) is 25.5. The number of ether oxygens (including phenoxy) is 5. The maximum Gasteiger partial charge on any atom is 0.446 e. The van der Waals surface area contributed by atoms with Crippen LogP contribution >= 0.6 is 0 Å². The average Bonchev–Trinajstić information content (AvgIpc) is 3.42. The second-order valence-electron chi connectivity index (χ2n) is 12.3. The first kappa shape index (κ1) is 36.3. The summed E-state index contributed by atoms with van der Waals surface area (Å²) in [5.41, 5.74) is 0.00468. The Morgan fingerprint density at radius 1 is 1.10 bits per heavy atom. The molecule has 2 N–H and O–H groups in total. The lowest BCUT2D eigenvalue weighted by atomic mass is 9.50. The van der Waals surface area contributed by atoms with Crippen LogP contribution in [0, 0.1) is 0 Å². The standard InChI is InChI=1S/C32H33NO11.C2HF3O/c1-17(34)41-22(16-24(35)36)29(37)44-26(18-7-5-4-6-8-18)30(38)42-21-11-12-32(39)23-15-19-9-10-20(40-3)27-25(19)31(32,28(21)43-27)13-14-33(23)2;3-2(4,5)1-6/h4-11,22-23,26,28,39H,12-16H2,1-3H3,(H,35,36);1H/t22-,23+,26-,28-,31-,32+;/m0./s1. The van der Waals surface area contributed by atoms with E-state index in [9.17, 15) is 42.6 Å². The molecule has 0 radical (unpaired) electrons. The molecule has 6 atom stereocenters. The summed E-state index contributed by atoms with van der Waals surface area (Å²) in [6, 6.07) is 11.7. The number of hydrogen-bond donors (Lipinski definition) is 2. The molecule has 1 saturated heterocycles. The van der Waals surface area contributed by atoms with Crippen molar-refractivity contribution in [1.29, 1.82) is 0 Å². The van der Waals surface area contributed by atoms with Crippen molar-refractivity contribution in [3.8, 4) is 11.5 Å². The predicted molar refractivity (Wildman–Crippen MR) is 163 cm³/mol. The highest BCUT2D eigenvalue weighted by Crippen LogP contribution is 2.65. The molecule has 4 aliphatic rings. The zero-order chi connectivity index (χ0) is 36.6. The van der Waals surface area contributed by atoms with Crippen molar-refractivity contribution < 1.29 is 71.0 Å². The number of aliphatic hydroxyl groups is 1. The number of piperidine rings is 1. The van der Waals surface area contributed by atoms with E-state index in [1.165, 1.54) is 7.11 Å². The summed E-state index contributed by atoms with van der Waals surface area (Å²) in [6.45, 7) is 1.70. The quantitative estimate of drug-likeness (QED) is 0.222. The van der Waals surface area contributed by atoms with E-state index in [-0.39, 0.29) is 23.8 Å². The van der Waals surface area contributed by atoms with E-state index in [0.717, 1.165) is 18.1 Å². The van der Waals surface area contributed by atoms with E-state index in [1.54, 1.807) is 36.4 Å². The number of carbonyl (C=O) groups is 5. The van der Waals surface area contributed by atoms with E-state index in [0.29, 0.717) is 30.9 Å². The van der Waals surface area contributed by atoms with Crippen LogP contribution in [0.1, 0.15) is 49.0 Å². The predicted octanol–water partition coefficient (Wildman–Crippen LogP) is 2.95. The van der Waals surface area contributed by atoms with Crippen LogP contribution in [0.5, 0.6) is 11.5 Å². The molecule has 2 heterocycles. The maximum atomic E-state index is 13.8. The van der Waals surface area contributed by atoms with Crippen LogP contribution in [0.25, 0.3) is 0 Å². The maximum absolute atomic E-state index is 13.8. The molecular weight excluding hydrogens is 671 g/mol.